The van der Waals surface area contributed by atoms with Crippen molar-refractivity contribution in [3.8, 4) is 5.75 Å². The van der Waals surface area contributed by atoms with Crippen LogP contribution in [0.1, 0.15) is 18.9 Å². The Bertz CT molecular complexity index is 795. The molecule has 1 aliphatic rings. The smallest absolute Gasteiger partial charge is 0.269 e. The highest BCUT2D eigenvalue weighted by molar-refractivity contribution is 6.03. The van der Waals surface area contributed by atoms with Crippen LogP contribution in [-0.4, -0.2) is 36.0 Å². The Balaban J connectivity index is 1.66. The third kappa shape index (κ3) is 3.93. The Morgan fingerprint density at radius 2 is 2.04 bits per heavy atom. The molecule has 3 rings (SSSR count). The van der Waals surface area contributed by atoms with Crippen LogP contribution in [0.3, 0.4) is 0 Å². The van der Waals surface area contributed by atoms with Crippen LogP contribution in [0.25, 0.3) is 0 Å². The van der Waals surface area contributed by atoms with Gasteiger partial charge in [-0.1, -0.05) is 37.3 Å². The van der Waals surface area contributed by atoms with Gasteiger partial charge in [0.2, 0.25) is 5.91 Å². The van der Waals surface area contributed by atoms with E-state index < -0.39 is 6.10 Å². The number of nitrogen functional groups attached to an aromatic ring is 1. The first-order chi connectivity index (χ1) is 12.6. The number of ether oxygens (including phenoxy) is 1. The lowest BCUT2D eigenvalue weighted by Crippen LogP contribution is -2.50. The van der Waals surface area contributed by atoms with Crippen molar-refractivity contribution in [2.75, 3.05) is 23.7 Å². The number of amides is 2. The van der Waals surface area contributed by atoms with E-state index in [0.717, 1.165) is 12.0 Å². The van der Waals surface area contributed by atoms with Crippen molar-refractivity contribution in [1.82, 2.24) is 10.3 Å². The lowest BCUT2D eigenvalue weighted by molar-refractivity contribution is -0.129. The fraction of sp³-hybridized carbons (Fsp3) is 0.316. The Kier molecular flexibility index (Phi) is 5.36. The number of benzene rings is 1. The zero-order valence-corrected chi connectivity index (χ0v) is 14.6. The normalized spacial score (nSPS) is 16.0. The summed E-state index contributed by atoms with van der Waals surface area (Å²) in [6.07, 6.45) is 0.614. The number of rotatable bonds is 6. The van der Waals surface area contributed by atoms with E-state index in [1.54, 1.807) is 12.1 Å². The van der Waals surface area contributed by atoms with Gasteiger partial charge in [0, 0.05) is 6.54 Å². The first kappa shape index (κ1) is 17.7. The molecule has 0 fully saturated rings. The summed E-state index contributed by atoms with van der Waals surface area (Å²) in [5, 5.41) is 2.84. The van der Waals surface area contributed by atoms with Crippen LogP contribution >= 0.6 is 0 Å². The number of carbonyl (C=O) groups is 2. The summed E-state index contributed by atoms with van der Waals surface area (Å²) >= 11 is 0. The Labute approximate surface area is 152 Å². The van der Waals surface area contributed by atoms with Crippen LogP contribution in [0.4, 0.5) is 11.6 Å². The number of hydrogen-bond donors (Lipinski definition) is 2. The minimum Gasteiger partial charge on any atom is -0.477 e. The third-order valence-corrected chi connectivity index (χ3v) is 4.18. The summed E-state index contributed by atoms with van der Waals surface area (Å²) in [6, 6.07) is 13.2. The van der Waals surface area contributed by atoms with E-state index in [-0.39, 0.29) is 30.0 Å². The topological polar surface area (TPSA) is 97.6 Å². The quantitative estimate of drug-likeness (QED) is 0.820. The van der Waals surface area contributed by atoms with E-state index in [2.05, 4.69) is 10.3 Å². The van der Waals surface area contributed by atoms with Gasteiger partial charge in [-0.2, -0.15) is 0 Å². The molecule has 0 saturated heterocycles. The molecule has 0 aliphatic carbocycles. The number of nitrogens with zero attached hydrogens (tertiary/aromatic N) is 2. The number of fused-ring (bicyclic) bond motifs is 1. The third-order valence-electron chi connectivity index (χ3n) is 4.18. The van der Waals surface area contributed by atoms with E-state index in [9.17, 15) is 9.59 Å². The lowest BCUT2D eigenvalue weighted by atomic mass is 10.1. The number of nitrogens with one attached hydrogen (secondary N) is 1. The highest BCUT2D eigenvalue weighted by Gasteiger charge is 2.35. The molecule has 0 spiro atoms. The molecule has 3 N–H and O–H groups in total. The van der Waals surface area contributed by atoms with Gasteiger partial charge in [0.15, 0.2) is 17.7 Å². The first-order valence-electron chi connectivity index (χ1n) is 8.63. The van der Waals surface area contributed by atoms with Gasteiger partial charge < -0.3 is 15.8 Å². The van der Waals surface area contributed by atoms with E-state index in [4.69, 9.17) is 10.5 Å². The highest BCUT2D eigenvalue weighted by atomic mass is 16.5. The fourth-order valence-corrected chi connectivity index (χ4v) is 2.82. The summed E-state index contributed by atoms with van der Waals surface area (Å²) in [5.41, 5.74) is 6.87. The molecule has 2 heterocycles. The van der Waals surface area contributed by atoms with Crippen molar-refractivity contribution in [3.05, 3.63) is 48.0 Å². The number of carbonyl (C=O) groups excluding carboxylic acids is 2. The van der Waals surface area contributed by atoms with Crippen molar-refractivity contribution in [2.24, 2.45) is 0 Å². The number of aromatic nitrogens is 1. The molecule has 26 heavy (non-hydrogen) atoms. The van der Waals surface area contributed by atoms with E-state index in [1.807, 2.05) is 37.3 Å². The second-order valence-corrected chi connectivity index (χ2v) is 6.08. The van der Waals surface area contributed by atoms with Crippen LogP contribution in [0.15, 0.2) is 42.5 Å². The average Bonchev–Trinajstić information content (AvgIpc) is 2.65. The van der Waals surface area contributed by atoms with E-state index in [1.165, 1.54) is 4.90 Å². The predicted molar refractivity (Wildman–Crippen MR) is 98.9 cm³/mol. The number of anilines is 2. The molecule has 2 amide bonds. The maximum Gasteiger partial charge on any atom is 0.269 e. The molecular weight excluding hydrogens is 332 g/mol. The molecule has 7 nitrogen and oxygen atoms in total. The molecule has 0 radical (unpaired) electrons. The summed E-state index contributed by atoms with van der Waals surface area (Å²) in [6.45, 7) is 2.24. The molecule has 1 aromatic carbocycles. The second-order valence-electron chi connectivity index (χ2n) is 6.08. The average molecular weight is 354 g/mol. The van der Waals surface area contributed by atoms with Crippen molar-refractivity contribution >= 4 is 23.5 Å². The molecule has 1 atom stereocenters. The minimum absolute atomic E-state index is 0.114. The van der Waals surface area contributed by atoms with Crippen LogP contribution in [0.2, 0.25) is 0 Å². The first-order valence-corrected chi connectivity index (χ1v) is 8.63. The van der Waals surface area contributed by atoms with Crippen LogP contribution in [0.5, 0.6) is 5.75 Å². The summed E-state index contributed by atoms with van der Waals surface area (Å²) in [7, 11) is 0. The lowest BCUT2D eigenvalue weighted by Gasteiger charge is -2.32. The molecule has 1 aliphatic heterocycles. The minimum atomic E-state index is -0.620. The van der Waals surface area contributed by atoms with Crippen molar-refractivity contribution < 1.29 is 14.3 Å². The molecule has 136 valence electrons. The number of pyridine rings is 1. The Morgan fingerprint density at radius 1 is 1.27 bits per heavy atom. The SMILES string of the molecule is CCC1Oc2ccc(N)nc2N(CC(=O)NCCc2ccccc2)C1=O. The number of nitrogens with two attached hydrogens (primary N) is 1. The highest BCUT2D eigenvalue weighted by Crippen LogP contribution is 2.33. The van der Waals surface area contributed by atoms with Gasteiger partial charge in [0.05, 0.1) is 0 Å². The van der Waals surface area contributed by atoms with Gasteiger partial charge in [-0.3, -0.25) is 14.5 Å². The standard InChI is InChI=1S/C19H22N4O3/c1-2-14-19(25)23(18-15(26-14)8-9-16(20)22-18)12-17(24)21-11-10-13-6-4-3-5-7-13/h3-9,14H,2,10-12H2,1H3,(H2,20,22)(H,21,24). The van der Waals surface area contributed by atoms with Gasteiger partial charge in [0.25, 0.3) is 5.91 Å². The molecule has 0 bridgehead atoms. The molecule has 7 heteroatoms. The van der Waals surface area contributed by atoms with Gasteiger partial charge >= 0.3 is 0 Å². The summed E-state index contributed by atoms with van der Waals surface area (Å²) < 4.78 is 5.66. The zero-order valence-electron chi connectivity index (χ0n) is 14.6. The summed E-state index contributed by atoms with van der Waals surface area (Å²) in [5.74, 6) is 0.489. The van der Waals surface area contributed by atoms with Gasteiger partial charge in [0.1, 0.15) is 12.4 Å². The van der Waals surface area contributed by atoms with Crippen molar-refractivity contribution in [1.29, 1.82) is 0 Å². The molecule has 1 unspecified atom stereocenters. The largest absolute Gasteiger partial charge is 0.477 e. The predicted octanol–water partition coefficient (Wildman–Crippen LogP) is 1.53. The monoisotopic (exact) mass is 354 g/mol. The molecule has 0 saturated carbocycles. The van der Waals surface area contributed by atoms with Crippen LogP contribution in [-0.2, 0) is 16.0 Å². The van der Waals surface area contributed by atoms with Gasteiger partial charge in [-0.05, 0) is 30.5 Å². The fourth-order valence-electron chi connectivity index (χ4n) is 2.82. The summed E-state index contributed by atoms with van der Waals surface area (Å²) in [4.78, 5) is 30.5. The van der Waals surface area contributed by atoms with E-state index >= 15 is 0 Å². The van der Waals surface area contributed by atoms with E-state index in [0.29, 0.717) is 18.7 Å². The second kappa shape index (κ2) is 7.86. The van der Waals surface area contributed by atoms with Crippen molar-refractivity contribution in [3.63, 3.8) is 0 Å². The van der Waals surface area contributed by atoms with Gasteiger partial charge in [-0.15, -0.1) is 0 Å². The van der Waals surface area contributed by atoms with Gasteiger partial charge in [-0.25, -0.2) is 4.98 Å². The molecule has 2 aromatic rings. The molecule has 1 aromatic heterocycles. The maximum atomic E-state index is 12.6. The number of hydrogen-bond acceptors (Lipinski definition) is 5. The Morgan fingerprint density at radius 3 is 2.77 bits per heavy atom. The van der Waals surface area contributed by atoms with Crippen LogP contribution in [0, 0.1) is 0 Å². The van der Waals surface area contributed by atoms with Crippen LogP contribution < -0.4 is 20.7 Å². The van der Waals surface area contributed by atoms with Crippen molar-refractivity contribution in [2.45, 2.75) is 25.9 Å². The Hall–Kier alpha value is -3.09. The maximum absolute atomic E-state index is 12.6. The zero-order chi connectivity index (χ0) is 18.5. The molecular formula is C19H22N4O3.